The van der Waals surface area contributed by atoms with E-state index in [-0.39, 0.29) is 12.2 Å². The second kappa shape index (κ2) is 11.8. The lowest BCUT2D eigenvalue weighted by Crippen LogP contribution is -2.58. The molecule has 1 aliphatic rings. The number of carbonyl (C=O) groups is 2. The van der Waals surface area contributed by atoms with Crippen LogP contribution in [0.5, 0.6) is 0 Å². The number of nitrogens with zero attached hydrogens (tertiary/aromatic N) is 3. The molecule has 0 fully saturated rings. The number of ether oxygens (including phenoxy) is 2. The number of hydrogen-bond acceptors (Lipinski definition) is 8. The smallest absolute Gasteiger partial charge is 0.336 e. The predicted octanol–water partition coefficient (Wildman–Crippen LogP) is 1.59. The first-order valence-electron chi connectivity index (χ1n) is 9.34. The maximum atomic E-state index is 12.5. The highest BCUT2D eigenvalue weighted by molar-refractivity contribution is 7.86. The molecule has 1 aliphatic carbocycles. The van der Waals surface area contributed by atoms with Crippen molar-refractivity contribution in [3.8, 4) is 0 Å². The van der Waals surface area contributed by atoms with Crippen LogP contribution in [0.3, 0.4) is 0 Å². The summed E-state index contributed by atoms with van der Waals surface area (Å²) in [6, 6.07) is -2.19. The molecule has 4 unspecified atom stereocenters. The molecule has 12 heteroatoms. The van der Waals surface area contributed by atoms with E-state index in [0.717, 1.165) is 25.5 Å². The molecule has 1 N–H and O–H groups in total. The summed E-state index contributed by atoms with van der Waals surface area (Å²) in [5, 5.41) is 6.23. The fraction of sp³-hybridized carbons (Fsp3) is 0.765. The van der Waals surface area contributed by atoms with Gasteiger partial charge in [0, 0.05) is 18.4 Å². The van der Waals surface area contributed by atoms with Crippen LogP contribution >= 0.6 is 0 Å². The van der Waals surface area contributed by atoms with E-state index < -0.39 is 46.3 Å². The van der Waals surface area contributed by atoms with Crippen molar-refractivity contribution >= 4 is 22.0 Å². The van der Waals surface area contributed by atoms with Crippen molar-refractivity contribution in [3.63, 3.8) is 0 Å². The molecule has 0 bridgehead atoms. The molecular weight excluding hydrogens is 404 g/mol. The molecule has 29 heavy (non-hydrogen) atoms. The van der Waals surface area contributed by atoms with Gasteiger partial charge in [-0.05, 0) is 25.0 Å². The standard InChI is InChI=1S/C17H28N4O7S/c1-5-7-8-9-27-13-10-12(17(23)26-6-2)16(28-29(4,24)25)15(20-21-18)14(13)19-11(3)22/h10,13-16H,5-9H2,1-4H3,(H,19,22). The zero-order valence-corrected chi connectivity index (χ0v) is 17.8. The summed E-state index contributed by atoms with van der Waals surface area (Å²) in [6.07, 6.45) is 2.51. The van der Waals surface area contributed by atoms with E-state index in [0.29, 0.717) is 6.61 Å². The lowest BCUT2D eigenvalue weighted by Gasteiger charge is -2.38. The number of esters is 1. The zero-order valence-electron chi connectivity index (χ0n) is 17.0. The minimum absolute atomic E-state index is 0.0467. The fourth-order valence-electron chi connectivity index (χ4n) is 2.96. The molecule has 1 rings (SSSR count). The molecular formula is C17H28N4O7S. The summed E-state index contributed by atoms with van der Waals surface area (Å²) in [7, 11) is -4.04. The van der Waals surface area contributed by atoms with Crippen LogP contribution in [0.15, 0.2) is 16.8 Å². The molecule has 4 atom stereocenters. The van der Waals surface area contributed by atoms with E-state index in [1.807, 2.05) is 6.92 Å². The molecule has 0 saturated heterocycles. The number of hydrogen-bond donors (Lipinski definition) is 1. The van der Waals surface area contributed by atoms with Gasteiger partial charge in [-0.1, -0.05) is 24.9 Å². The van der Waals surface area contributed by atoms with Gasteiger partial charge in [0.05, 0.1) is 36.6 Å². The van der Waals surface area contributed by atoms with Gasteiger partial charge in [0.2, 0.25) is 5.91 Å². The first-order chi connectivity index (χ1) is 13.6. The normalized spacial score (nSPS) is 24.2. The number of nitrogens with one attached hydrogen (secondary N) is 1. The Labute approximate surface area is 170 Å². The van der Waals surface area contributed by atoms with E-state index in [1.54, 1.807) is 6.92 Å². The lowest BCUT2D eigenvalue weighted by atomic mass is 9.85. The molecule has 0 spiro atoms. The van der Waals surface area contributed by atoms with Gasteiger partial charge in [-0.25, -0.2) is 4.79 Å². The van der Waals surface area contributed by atoms with Gasteiger partial charge in [-0.15, -0.1) is 0 Å². The Bertz CT molecular complexity index is 762. The van der Waals surface area contributed by atoms with Crippen LogP contribution in [0.25, 0.3) is 10.4 Å². The van der Waals surface area contributed by atoms with Gasteiger partial charge in [0.1, 0.15) is 6.10 Å². The van der Waals surface area contributed by atoms with Gasteiger partial charge in [0.15, 0.2) is 0 Å². The van der Waals surface area contributed by atoms with Crippen LogP contribution in [0.4, 0.5) is 0 Å². The Balaban J connectivity index is 3.43. The molecule has 11 nitrogen and oxygen atoms in total. The van der Waals surface area contributed by atoms with Crippen molar-refractivity contribution in [2.24, 2.45) is 5.11 Å². The molecule has 1 amide bonds. The summed E-state index contributed by atoms with van der Waals surface area (Å²) < 4.78 is 39.4. The molecule has 0 aromatic heterocycles. The zero-order chi connectivity index (χ0) is 22.0. The van der Waals surface area contributed by atoms with Crippen molar-refractivity contribution in [1.82, 2.24) is 5.32 Å². The third-order valence-electron chi connectivity index (χ3n) is 4.09. The number of azide groups is 1. The van der Waals surface area contributed by atoms with Crippen molar-refractivity contribution < 1.29 is 31.7 Å². The number of rotatable bonds is 11. The highest BCUT2D eigenvalue weighted by Crippen LogP contribution is 2.29. The van der Waals surface area contributed by atoms with Crippen LogP contribution in [0.2, 0.25) is 0 Å². The monoisotopic (exact) mass is 432 g/mol. The van der Waals surface area contributed by atoms with E-state index >= 15 is 0 Å². The van der Waals surface area contributed by atoms with Crippen LogP contribution in [0, 0.1) is 0 Å². The minimum Gasteiger partial charge on any atom is -0.463 e. The van der Waals surface area contributed by atoms with Gasteiger partial charge in [-0.3, -0.25) is 8.98 Å². The Morgan fingerprint density at radius 1 is 1.31 bits per heavy atom. The quantitative estimate of drug-likeness (QED) is 0.130. The maximum absolute atomic E-state index is 12.5. The van der Waals surface area contributed by atoms with Gasteiger partial charge in [-0.2, -0.15) is 8.42 Å². The number of unbranched alkanes of at least 4 members (excludes halogenated alkanes) is 2. The largest absolute Gasteiger partial charge is 0.463 e. The number of carbonyl (C=O) groups excluding carboxylic acids is 2. The second-order valence-corrected chi connectivity index (χ2v) is 8.13. The molecule has 0 radical (unpaired) electrons. The third kappa shape index (κ3) is 8.01. The minimum atomic E-state index is -4.04. The van der Waals surface area contributed by atoms with Crippen LogP contribution < -0.4 is 5.32 Å². The topological polar surface area (TPSA) is 157 Å². The van der Waals surface area contributed by atoms with E-state index in [4.69, 9.17) is 19.2 Å². The average molecular weight is 432 g/mol. The van der Waals surface area contributed by atoms with Gasteiger partial charge in [0.25, 0.3) is 10.1 Å². The summed E-state index contributed by atoms with van der Waals surface area (Å²) >= 11 is 0. The molecule has 0 aliphatic heterocycles. The van der Waals surface area contributed by atoms with Gasteiger partial charge >= 0.3 is 5.97 Å². The first-order valence-corrected chi connectivity index (χ1v) is 11.2. The third-order valence-corrected chi connectivity index (χ3v) is 4.64. The molecule has 0 aromatic carbocycles. The Kier molecular flexibility index (Phi) is 10.1. The summed E-state index contributed by atoms with van der Waals surface area (Å²) in [5.74, 6) is -1.26. The Morgan fingerprint density at radius 2 is 2.00 bits per heavy atom. The molecule has 0 aromatic rings. The van der Waals surface area contributed by atoms with Crippen molar-refractivity contribution in [1.29, 1.82) is 0 Å². The second-order valence-electron chi connectivity index (χ2n) is 6.53. The molecule has 0 heterocycles. The van der Waals surface area contributed by atoms with Crippen molar-refractivity contribution in [2.45, 2.75) is 64.3 Å². The Morgan fingerprint density at radius 3 is 2.52 bits per heavy atom. The highest BCUT2D eigenvalue weighted by atomic mass is 32.2. The summed E-state index contributed by atoms with van der Waals surface area (Å²) in [5.41, 5.74) is 8.87. The summed E-state index contributed by atoms with van der Waals surface area (Å²) in [6.45, 7) is 5.27. The predicted molar refractivity (Wildman–Crippen MR) is 104 cm³/mol. The molecule has 164 valence electrons. The van der Waals surface area contributed by atoms with E-state index in [9.17, 15) is 18.0 Å². The maximum Gasteiger partial charge on any atom is 0.336 e. The van der Waals surface area contributed by atoms with Crippen LogP contribution in [-0.2, 0) is 33.4 Å². The van der Waals surface area contributed by atoms with Gasteiger partial charge < -0.3 is 14.8 Å². The van der Waals surface area contributed by atoms with Crippen LogP contribution in [0.1, 0.15) is 40.0 Å². The highest BCUT2D eigenvalue weighted by Gasteiger charge is 2.45. The number of amides is 1. The van der Waals surface area contributed by atoms with Crippen LogP contribution in [-0.4, -0.2) is 64.1 Å². The van der Waals surface area contributed by atoms with Crippen molar-refractivity contribution in [2.75, 3.05) is 19.5 Å². The van der Waals surface area contributed by atoms with E-state index in [1.165, 1.54) is 13.0 Å². The SMILES string of the molecule is CCCCCOC1C=C(C(=O)OCC)C(OS(C)(=O)=O)C(N=[N+]=[N-])C1NC(C)=O. The first kappa shape index (κ1) is 24.9. The van der Waals surface area contributed by atoms with E-state index in [2.05, 4.69) is 15.3 Å². The summed E-state index contributed by atoms with van der Waals surface area (Å²) in [4.78, 5) is 26.9. The lowest BCUT2D eigenvalue weighted by molar-refractivity contribution is -0.140. The molecule has 0 saturated carbocycles. The van der Waals surface area contributed by atoms with Crippen molar-refractivity contribution in [3.05, 3.63) is 22.1 Å². The fourth-order valence-corrected chi connectivity index (χ4v) is 3.55. The Hall–Kier alpha value is -2.14. The average Bonchev–Trinajstić information content (AvgIpc) is 2.61.